The minimum Gasteiger partial charge on any atom is -0.306 e. The van der Waals surface area contributed by atoms with Crippen molar-refractivity contribution in [1.29, 1.82) is 0 Å². The Morgan fingerprint density at radius 2 is 2.12 bits per heavy atom. The molecule has 0 saturated heterocycles. The molecule has 2 aromatic heterocycles. The molecule has 2 heterocycles. The van der Waals surface area contributed by atoms with Gasteiger partial charge in [-0.2, -0.15) is 0 Å². The number of thiophene rings is 1. The van der Waals surface area contributed by atoms with Gasteiger partial charge in [0, 0.05) is 6.07 Å². The van der Waals surface area contributed by atoms with E-state index in [-0.39, 0.29) is 11.1 Å². The molecule has 82 valence electrons. The van der Waals surface area contributed by atoms with E-state index in [4.69, 9.17) is 23.2 Å². The zero-order valence-electron chi connectivity index (χ0n) is 7.78. The first-order chi connectivity index (χ1) is 7.65. The van der Waals surface area contributed by atoms with E-state index in [1.165, 1.54) is 23.7 Å². The molecular formula is C9H5Cl2N3OS. The fraction of sp³-hybridized carbons (Fsp3) is 0. The van der Waals surface area contributed by atoms with Gasteiger partial charge in [-0.3, -0.25) is 4.79 Å². The highest BCUT2D eigenvalue weighted by Gasteiger charge is 2.09. The van der Waals surface area contributed by atoms with Gasteiger partial charge >= 0.3 is 0 Å². The molecular weight excluding hydrogens is 269 g/mol. The standard InChI is InChI=1S/C9H5Cl2N3OS/c10-6-3-8(13-4-12-6)14-9(15)5-1-2-7(11)16-5/h1-4H,(H,12,13,14,15). The minimum absolute atomic E-state index is 0.272. The van der Waals surface area contributed by atoms with Crippen LogP contribution in [0.15, 0.2) is 24.5 Å². The second-order valence-corrected chi connectivity index (χ2v) is 4.89. The lowest BCUT2D eigenvalue weighted by atomic mass is 10.4. The fourth-order valence-corrected chi connectivity index (χ4v) is 2.10. The number of hydrogen-bond acceptors (Lipinski definition) is 4. The van der Waals surface area contributed by atoms with Crippen molar-refractivity contribution in [3.63, 3.8) is 0 Å². The Kier molecular flexibility index (Phi) is 3.38. The first kappa shape index (κ1) is 11.3. The number of halogens is 2. The molecule has 2 aromatic rings. The molecule has 4 nitrogen and oxygen atoms in total. The van der Waals surface area contributed by atoms with E-state index >= 15 is 0 Å². The van der Waals surface area contributed by atoms with Crippen molar-refractivity contribution in [1.82, 2.24) is 9.97 Å². The van der Waals surface area contributed by atoms with Crippen molar-refractivity contribution in [2.45, 2.75) is 0 Å². The summed E-state index contributed by atoms with van der Waals surface area (Å²) in [7, 11) is 0. The molecule has 0 aliphatic carbocycles. The van der Waals surface area contributed by atoms with E-state index in [1.54, 1.807) is 12.1 Å². The van der Waals surface area contributed by atoms with E-state index in [2.05, 4.69) is 15.3 Å². The van der Waals surface area contributed by atoms with Crippen molar-refractivity contribution in [3.8, 4) is 0 Å². The molecule has 1 amide bonds. The van der Waals surface area contributed by atoms with Crippen LogP contribution in [-0.4, -0.2) is 15.9 Å². The number of carbonyl (C=O) groups is 1. The van der Waals surface area contributed by atoms with E-state index in [0.717, 1.165) is 0 Å². The Morgan fingerprint density at radius 3 is 2.75 bits per heavy atom. The molecule has 0 radical (unpaired) electrons. The van der Waals surface area contributed by atoms with E-state index < -0.39 is 0 Å². The van der Waals surface area contributed by atoms with Crippen LogP contribution in [0.5, 0.6) is 0 Å². The third-order valence-electron chi connectivity index (χ3n) is 1.67. The Labute approximate surface area is 105 Å². The van der Waals surface area contributed by atoms with Gasteiger partial charge in [-0.1, -0.05) is 23.2 Å². The number of amides is 1. The predicted octanol–water partition coefficient (Wildman–Crippen LogP) is 3.10. The monoisotopic (exact) mass is 273 g/mol. The lowest BCUT2D eigenvalue weighted by molar-refractivity contribution is 0.103. The molecule has 7 heteroatoms. The van der Waals surface area contributed by atoms with Crippen LogP contribution in [0, 0.1) is 0 Å². The molecule has 0 spiro atoms. The average molecular weight is 274 g/mol. The molecule has 2 rings (SSSR count). The van der Waals surface area contributed by atoms with E-state index in [9.17, 15) is 4.79 Å². The molecule has 0 bridgehead atoms. The fourth-order valence-electron chi connectivity index (χ4n) is 1.02. The number of rotatable bonds is 2. The van der Waals surface area contributed by atoms with Gasteiger partial charge in [0.1, 0.15) is 17.3 Å². The number of carbonyl (C=O) groups excluding carboxylic acids is 1. The van der Waals surface area contributed by atoms with Crippen molar-refractivity contribution in [2.24, 2.45) is 0 Å². The van der Waals surface area contributed by atoms with Crippen LogP contribution >= 0.6 is 34.5 Å². The van der Waals surface area contributed by atoms with E-state index in [1.807, 2.05) is 0 Å². The number of hydrogen-bond donors (Lipinski definition) is 1. The lowest BCUT2D eigenvalue weighted by Crippen LogP contribution is -2.11. The largest absolute Gasteiger partial charge is 0.306 e. The topological polar surface area (TPSA) is 54.9 Å². The van der Waals surface area contributed by atoms with Gasteiger partial charge in [0.05, 0.1) is 9.21 Å². The zero-order valence-corrected chi connectivity index (χ0v) is 10.1. The minimum atomic E-state index is -0.272. The highest BCUT2D eigenvalue weighted by atomic mass is 35.5. The Morgan fingerprint density at radius 1 is 1.31 bits per heavy atom. The van der Waals surface area contributed by atoms with Crippen LogP contribution < -0.4 is 5.32 Å². The molecule has 0 atom stereocenters. The summed E-state index contributed by atoms with van der Waals surface area (Å²) >= 11 is 12.6. The number of aromatic nitrogens is 2. The second kappa shape index (κ2) is 4.78. The summed E-state index contributed by atoms with van der Waals surface area (Å²) in [6.45, 7) is 0. The van der Waals surface area contributed by atoms with Gasteiger partial charge < -0.3 is 5.32 Å². The van der Waals surface area contributed by atoms with Crippen LogP contribution in [-0.2, 0) is 0 Å². The van der Waals surface area contributed by atoms with Gasteiger partial charge in [-0.05, 0) is 12.1 Å². The van der Waals surface area contributed by atoms with Gasteiger partial charge in [-0.25, -0.2) is 9.97 Å². The maximum Gasteiger partial charge on any atom is 0.266 e. The second-order valence-electron chi connectivity index (χ2n) is 2.78. The highest BCUT2D eigenvalue weighted by Crippen LogP contribution is 2.22. The third kappa shape index (κ3) is 2.69. The summed E-state index contributed by atoms with van der Waals surface area (Å²) in [6, 6.07) is 4.77. The van der Waals surface area contributed by atoms with Gasteiger partial charge in [-0.15, -0.1) is 11.3 Å². The van der Waals surface area contributed by atoms with Gasteiger partial charge in [0.25, 0.3) is 5.91 Å². The predicted molar refractivity (Wildman–Crippen MR) is 64.3 cm³/mol. The molecule has 0 aromatic carbocycles. The first-order valence-electron chi connectivity index (χ1n) is 4.19. The van der Waals surface area contributed by atoms with Crippen LogP contribution in [0.1, 0.15) is 9.67 Å². The number of nitrogens with one attached hydrogen (secondary N) is 1. The Bertz CT molecular complexity index is 529. The smallest absolute Gasteiger partial charge is 0.266 e. The summed E-state index contributed by atoms with van der Waals surface area (Å²) in [5.74, 6) is 0.0844. The molecule has 0 fully saturated rings. The van der Waals surface area contributed by atoms with E-state index in [0.29, 0.717) is 15.0 Å². The first-order valence-corrected chi connectivity index (χ1v) is 5.76. The van der Waals surface area contributed by atoms with Crippen molar-refractivity contribution in [3.05, 3.63) is 38.9 Å². The highest BCUT2D eigenvalue weighted by molar-refractivity contribution is 7.18. The molecule has 1 N–H and O–H groups in total. The van der Waals surface area contributed by atoms with Crippen LogP contribution in [0.3, 0.4) is 0 Å². The van der Waals surface area contributed by atoms with Gasteiger partial charge in [0.15, 0.2) is 0 Å². The summed E-state index contributed by atoms with van der Waals surface area (Å²) in [4.78, 5) is 19.8. The summed E-state index contributed by atoms with van der Waals surface area (Å²) in [6.07, 6.45) is 1.28. The molecule has 0 unspecified atom stereocenters. The molecule has 0 saturated carbocycles. The van der Waals surface area contributed by atoms with Gasteiger partial charge in [0.2, 0.25) is 0 Å². The SMILES string of the molecule is O=C(Nc1cc(Cl)ncn1)c1ccc(Cl)s1. The zero-order chi connectivity index (χ0) is 11.5. The van der Waals surface area contributed by atoms with Crippen molar-refractivity contribution in [2.75, 3.05) is 5.32 Å². The van der Waals surface area contributed by atoms with Crippen LogP contribution in [0.4, 0.5) is 5.82 Å². The molecule has 16 heavy (non-hydrogen) atoms. The lowest BCUT2D eigenvalue weighted by Gasteiger charge is -2.01. The van der Waals surface area contributed by atoms with Crippen LogP contribution in [0.2, 0.25) is 9.49 Å². The normalized spacial score (nSPS) is 10.1. The van der Waals surface area contributed by atoms with Crippen molar-refractivity contribution >= 4 is 46.3 Å². The Hall–Kier alpha value is -1.17. The summed E-state index contributed by atoms with van der Waals surface area (Å²) in [5, 5.41) is 2.86. The van der Waals surface area contributed by atoms with Crippen LogP contribution in [0.25, 0.3) is 0 Å². The average Bonchev–Trinajstić information content (AvgIpc) is 2.65. The third-order valence-corrected chi connectivity index (χ3v) is 3.11. The maximum absolute atomic E-state index is 11.7. The molecule has 0 aliphatic heterocycles. The Balaban J connectivity index is 2.13. The molecule has 0 aliphatic rings. The summed E-state index contributed by atoms with van der Waals surface area (Å²) < 4.78 is 0.561. The van der Waals surface area contributed by atoms with Crippen molar-refractivity contribution < 1.29 is 4.79 Å². The number of anilines is 1. The number of nitrogens with zero attached hydrogens (tertiary/aromatic N) is 2. The maximum atomic E-state index is 11.7. The quantitative estimate of drug-likeness (QED) is 0.856. The summed E-state index contributed by atoms with van der Waals surface area (Å²) in [5.41, 5.74) is 0.